The largest absolute Gasteiger partial charge is 0.465 e. The van der Waals surface area contributed by atoms with Crippen LogP contribution in [0.25, 0.3) is 0 Å². The maximum atomic E-state index is 13.1. The Morgan fingerprint density at radius 2 is 2.04 bits per heavy atom. The number of methoxy groups -OCH3 is 1. The van der Waals surface area contributed by atoms with Gasteiger partial charge in [-0.2, -0.15) is 4.31 Å². The van der Waals surface area contributed by atoms with Crippen LogP contribution in [0.3, 0.4) is 0 Å². The molecule has 136 valence electrons. The van der Waals surface area contributed by atoms with Gasteiger partial charge in [0.05, 0.1) is 23.1 Å². The Balaban J connectivity index is 1.97. The fourth-order valence-electron chi connectivity index (χ4n) is 3.34. The zero-order valence-electron chi connectivity index (χ0n) is 14.1. The number of sulfonamides is 1. The van der Waals surface area contributed by atoms with Crippen LogP contribution in [-0.4, -0.2) is 68.6 Å². The highest BCUT2D eigenvalue weighted by molar-refractivity contribution is 7.89. The molecule has 2 aliphatic rings. The summed E-state index contributed by atoms with van der Waals surface area (Å²) in [5.74, 6) is -0.706. The van der Waals surface area contributed by atoms with Crippen LogP contribution in [0.4, 0.5) is 4.79 Å². The van der Waals surface area contributed by atoms with Gasteiger partial charge in [0.2, 0.25) is 10.0 Å². The molecule has 9 heteroatoms. The van der Waals surface area contributed by atoms with Crippen molar-refractivity contribution in [3.63, 3.8) is 0 Å². The fraction of sp³-hybridized carbons (Fsp3) is 0.500. The molecule has 1 aromatic rings. The number of benzene rings is 1. The average Bonchev–Trinajstić information content (AvgIpc) is 2.98. The summed E-state index contributed by atoms with van der Waals surface area (Å²) in [7, 11) is -2.71. The number of piperazine rings is 1. The molecule has 25 heavy (non-hydrogen) atoms. The predicted octanol–water partition coefficient (Wildman–Crippen LogP) is 1.08. The Morgan fingerprint density at radius 1 is 1.32 bits per heavy atom. The highest BCUT2D eigenvalue weighted by atomic mass is 32.2. The molecule has 1 aromatic carbocycles. The first-order chi connectivity index (χ1) is 11.9. The van der Waals surface area contributed by atoms with Gasteiger partial charge in [-0.1, -0.05) is 19.1 Å². The average molecular weight is 368 g/mol. The van der Waals surface area contributed by atoms with Crippen molar-refractivity contribution < 1.29 is 27.5 Å². The molecule has 2 saturated heterocycles. The summed E-state index contributed by atoms with van der Waals surface area (Å²) in [6.07, 6.45) is 0.164. The minimum absolute atomic E-state index is 0.00303. The van der Waals surface area contributed by atoms with Crippen molar-refractivity contribution in [3.05, 3.63) is 29.8 Å². The van der Waals surface area contributed by atoms with Crippen molar-refractivity contribution in [1.29, 1.82) is 0 Å². The van der Waals surface area contributed by atoms with Gasteiger partial charge in [0.1, 0.15) is 6.61 Å². The van der Waals surface area contributed by atoms with Crippen molar-refractivity contribution in [2.75, 3.05) is 33.4 Å². The summed E-state index contributed by atoms with van der Waals surface area (Å²) in [4.78, 5) is 25.3. The zero-order chi connectivity index (χ0) is 18.2. The smallest absolute Gasteiger partial charge is 0.410 e. The molecule has 1 amide bonds. The first-order valence-corrected chi connectivity index (χ1v) is 9.41. The van der Waals surface area contributed by atoms with Crippen LogP contribution >= 0.6 is 0 Å². The summed E-state index contributed by atoms with van der Waals surface area (Å²) < 4.78 is 37.4. The van der Waals surface area contributed by atoms with E-state index in [1.807, 2.05) is 6.92 Å². The molecule has 0 aromatic heterocycles. The molecule has 0 N–H and O–H groups in total. The van der Waals surface area contributed by atoms with Gasteiger partial charge in [-0.25, -0.2) is 18.0 Å². The molecule has 1 atom stereocenters. The molecule has 0 bridgehead atoms. The van der Waals surface area contributed by atoms with Crippen LogP contribution in [0, 0.1) is 0 Å². The second-order valence-electron chi connectivity index (χ2n) is 6.11. The number of hydrogen-bond donors (Lipinski definition) is 0. The third-order valence-electron chi connectivity index (χ3n) is 4.87. The molecule has 0 saturated carbocycles. The van der Waals surface area contributed by atoms with E-state index in [0.717, 1.165) is 0 Å². The Bertz CT molecular complexity index is 809. The van der Waals surface area contributed by atoms with Crippen LogP contribution in [-0.2, 0) is 19.5 Å². The molecule has 2 fully saturated rings. The first-order valence-electron chi connectivity index (χ1n) is 7.97. The van der Waals surface area contributed by atoms with Crippen molar-refractivity contribution in [1.82, 2.24) is 9.21 Å². The van der Waals surface area contributed by atoms with E-state index in [9.17, 15) is 18.0 Å². The third kappa shape index (κ3) is 2.77. The number of rotatable bonds is 4. The van der Waals surface area contributed by atoms with Crippen LogP contribution in [0.5, 0.6) is 0 Å². The predicted molar refractivity (Wildman–Crippen MR) is 87.6 cm³/mol. The van der Waals surface area contributed by atoms with E-state index >= 15 is 0 Å². The monoisotopic (exact) mass is 368 g/mol. The van der Waals surface area contributed by atoms with Gasteiger partial charge in [0.25, 0.3) is 0 Å². The number of carbonyl (C=O) groups excluding carboxylic acids is 2. The van der Waals surface area contributed by atoms with Crippen molar-refractivity contribution in [3.8, 4) is 0 Å². The Morgan fingerprint density at radius 3 is 2.72 bits per heavy atom. The molecule has 0 radical (unpaired) electrons. The Labute approximate surface area is 146 Å². The summed E-state index contributed by atoms with van der Waals surface area (Å²) in [6.45, 7) is 2.59. The molecule has 1 unspecified atom stereocenters. The van der Waals surface area contributed by atoms with Crippen LogP contribution in [0.15, 0.2) is 29.2 Å². The fourth-order valence-corrected chi connectivity index (χ4v) is 5.03. The van der Waals surface area contributed by atoms with Gasteiger partial charge >= 0.3 is 12.1 Å². The zero-order valence-corrected chi connectivity index (χ0v) is 14.9. The van der Waals surface area contributed by atoms with Crippen molar-refractivity contribution in [2.45, 2.75) is 23.8 Å². The molecule has 0 spiro atoms. The van der Waals surface area contributed by atoms with Crippen molar-refractivity contribution >= 4 is 22.1 Å². The van der Waals surface area contributed by atoms with Crippen LogP contribution < -0.4 is 0 Å². The molecular weight excluding hydrogens is 348 g/mol. The first kappa shape index (κ1) is 17.7. The quantitative estimate of drug-likeness (QED) is 0.738. The molecule has 2 heterocycles. The van der Waals surface area contributed by atoms with Crippen molar-refractivity contribution in [2.24, 2.45) is 0 Å². The lowest BCUT2D eigenvalue weighted by Gasteiger charge is -2.43. The molecule has 3 rings (SSSR count). The van der Waals surface area contributed by atoms with Gasteiger partial charge in [-0.15, -0.1) is 0 Å². The van der Waals surface area contributed by atoms with E-state index in [-0.39, 0.29) is 36.7 Å². The van der Waals surface area contributed by atoms with Gasteiger partial charge in [-0.05, 0) is 18.6 Å². The number of ether oxygens (including phenoxy) is 2. The molecule has 8 nitrogen and oxygen atoms in total. The summed E-state index contributed by atoms with van der Waals surface area (Å²) in [5, 5.41) is 0. The van der Waals surface area contributed by atoms with Gasteiger partial charge < -0.3 is 9.47 Å². The number of hydrogen-bond acceptors (Lipinski definition) is 6. The third-order valence-corrected chi connectivity index (χ3v) is 6.77. The maximum Gasteiger partial charge on any atom is 0.410 e. The minimum atomic E-state index is -3.91. The lowest BCUT2D eigenvalue weighted by atomic mass is 9.94. The Hall–Kier alpha value is -2.13. The van der Waals surface area contributed by atoms with E-state index in [4.69, 9.17) is 4.74 Å². The molecule has 0 aliphatic carbocycles. The lowest BCUT2D eigenvalue weighted by Crippen LogP contribution is -2.62. The number of amides is 1. The summed E-state index contributed by atoms with van der Waals surface area (Å²) >= 11 is 0. The van der Waals surface area contributed by atoms with E-state index in [0.29, 0.717) is 6.42 Å². The van der Waals surface area contributed by atoms with E-state index in [2.05, 4.69) is 4.74 Å². The van der Waals surface area contributed by atoms with Crippen LogP contribution in [0.2, 0.25) is 0 Å². The van der Waals surface area contributed by atoms with Gasteiger partial charge in [0, 0.05) is 19.6 Å². The van der Waals surface area contributed by atoms with E-state index < -0.39 is 27.6 Å². The standard InChI is InChI=1S/C16H20N2O6S/c1-3-16-10-17(8-9-18(16)15(20)24-11-16)25(21,22)13-7-5-4-6-12(13)14(19)23-2/h4-7H,3,8-11H2,1-2H3. The Kier molecular flexibility index (Phi) is 4.46. The number of cyclic esters (lactones) is 1. The summed E-state index contributed by atoms with van der Waals surface area (Å²) in [5.41, 5.74) is -0.667. The second-order valence-corrected chi connectivity index (χ2v) is 8.02. The molecule has 2 aliphatic heterocycles. The lowest BCUT2D eigenvalue weighted by molar-refractivity contribution is 0.0595. The highest BCUT2D eigenvalue weighted by Crippen LogP contribution is 2.34. The number of carbonyl (C=O) groups is 2. The normalized spacial score (nSPS) is 23.9. The van der Waals surface area contributed by atoms with Gasteiger partial charge in [-0.3, -0.25) is 4.90 Å². The second kappa shape index (κ2) is 6.30. The minimum Gasteiger partial charge on any atom is -0.465 e. The maximum absolute atomic E-state index is 13.1. The molecular formula is C16H20N2O6S. The highest BCUT2D eigenvalue weighted by Gasteiger charge is 2.51. The topological polar surface area (TPSA) is 93.2 Å². The number of esters is 1. The van der Waals surface area contributed by atoms with Crippen LogP contribution in [0.1, 0.15) is 23.7 Å². The summed E-state index contributed by atoms with van der Waals surface area (Å²) in [6, 6.07) is 5.96. The van der Waals surface area contributed by atoms with E-state index in [1.54, 1.807) is 17.0 Å². The SMILES string of the molecule is CCC12COC(=O)N1CCN(S(=O)(=O)c1ccccc1C(=O)OC)C2. The number of fused-ring (bicyclic) bond motifs is 1. The van der Waals surface area contributed by atoms with E-state index in [1.165, 1.54) is 23.5 Å². The number of nitrogens with zero attached hydrogens (tertiary/aromatic N) is 2. The van der Waals surface area contributed by atoms with Gasteiger partial charge in [0.15, 0.2) is 0 Å².